The van der Waals surface area contributed by atoms with Crippen LogP contribution in [0.2, 0.25) is 0 Å². The number of ether oxygens (including phenoxy) is 1. The second-order valence-electron chi connectivity index (χ2n) is 5.29. The molecular weight excluding hydrogens is 238 g/mol. The summed E-state index contributed by atoms with van der Waals surface area (Å²) in [4.78, 5) is 0. The van der Waals surface area contributed by atoms with E-state index in [2.05, 4.69) is 27.5 Å². The lowest BCUT2D eigenvalue weighted by Crippen LogP contribution is -2.20. The van der Waals surface area contributed by atoms with Gasteiger partial charge in [0.05, 0.1) is 6.61 Å². The molecule has 1 aromatic heterocycles. The zero-order chi connectivity index (χ0) is 13.1. The lowest BCUT2D eigenvalue weighted by atomic mass is 9.94. The highest BCUT2D eigenvalue weighted by Gasteiger charge is 2.22. The zero-order valence-corrected chi connectivity index (χ0v) is 11.7. The molecule has 2 N–H and O–H groups in total. The summed E-state index contributed by atoms with van der Waals surface area (Å²) in [6.07, 6.45) is 7.11. The van der Waals surface area contributed by atoms with Crippen LogP contribution in [0.3, 0.4) is 0 Å². The first-order chi connectivity index (χ1) is 9.40. The van der Waals surface area contributed by atoms with Gasteiger partial charge in [0.15, 0.2) is 0 Å². The third kappa shape index (κ3) is 2.61. The van der Waals surface area contributed by atoms with Gasteiger partial charge in [-0.3, -0.25) is 0 Å². The van der Waals surface area contributed by atoms with Crippen LogP contribution in [0.4, 0.5) is 0 Å². The van der Waals surface area contributed by atoms with Crippen LogP contribution in [0.25, 0.3) is 5.57 Å². The summed E-state index contributed by atoms with van der Waals surface area (Å²) in [5.74, 6) is 0. The van der Waals surface area contributed by atoms with Gasteiger partial charge in [-0.15, -0.1) is 0 Å². The van der Waals surface area contributed by atoms with Crippen molar-refractivity contribution in [2.24, 2.45) is 0 Å². The molecule has 1 aliphatic carbocycles. The van der Waals surface area contributed by atoms with E-state index in [0.29, 0.717) is 0 Å². The highest BCUT2D eigenvalue weighted by Crippen LogP contribution is 2.31. The van der Waals surface area contributed by atoms with Crippen LogP contribution in [0.15, 0.2) is 12.3 Å². The standard InChI is InChI=1S/C15H23N3O/c1-19-8-6-17-10-13-11-18-7-5-16-9-12-3-2-4-14(13)15(12)18/h3,11,16-17H,2,4-10H2,1H3. The van der Waals surface area contributed by atoms with E-state index in [0.717, 1.165) is 39.3 Å². The van der Waals surface area contributed by atoms with Gasteiger partial charge in [0.25, 0.3) is 0 Å². The van der Waals surface area contributed by atoms with Gasteiger partial charge < -0.3 is 19.9 Å². The van der Waals surface area contributed by atoms with Gasteiger partial charge in [-0.25, -0.2) is 0 Å². The largest absolute Gasteiger partial charge is 0.383 e. The monoisotopic (exact) mass is 261 g/mol. The molecule has 19 heavy (non-hydrogen) atoms. The zero-order valence-electron chi connectivity index (χ0n) is 11.7. The number of nitrogens with one attached hydrogen (secondary N) is 2. The predicted octanol–water partition coefficient (Wildman–Crippen LogP) is 1.16. The number of hydrogen-bond donors (Lipinski definition) is 2. The van der Waals surface area contributed by atoms with Gasteiger partial charge in [-0.05, 0) is 29.5 Å². The Kier molecular flexibility index (Phi) is 4.01. The number of rotatable bonds is 5. The molecule has 0 bridgehead atoms. The Morgan fingerprint density at radius 1 is 1.47 bits per heavy atom. The summed E-state index contributed by atoms with van der Waals surface area (Å²) < 4.78 is 7.52. The number of methoxy groups -OCH3 is 1. The smallest absolute Gasteiger partial charge is 0.0587 e. The average molecular weight is 261 g/mol. The molecule has 1 aromatic rings. The maximum absolute atomic E-state index is 5.08. The summed E-state index contributed by atoms with van der Waals surface area (Å²) in [7, 11) is 1.75. The number of nitrogens with zero attached hydrogens (tertiary/aromatic N) is 1. The van der Waals surface area contributed by atoms with Crippen molar-refractivity contribution in [3.05, 3.63) is 29.1 Å². The van der Waals surface area contributed by atoms with Crippen LogP contribution in [0, 0.1) is 0 Å². The molecule has 0 unspecified atom stereocenters. The molecule has 104 valence electrons. The predicted molar refractivity (Wildman–Crippen MR) is 77.2 cm³/mol. The first-order valence-corrected chi connectivity index (χ1v) is 7.21. The maximum Gasteiger partial charge on any atom is 0.0587 e. The number of hydrogen-bond acceptors (Lipinski definition) is 3. The summed E-state index contributed by atoms with van der Waals surface area (Å²) >= 11 is 0. The van der Waals surface area contributed by atoms with E-state index in [1.54, 1.807) is 12.7 Å². The summed E-state index contributed by atoms with van der Waals surface area (Å²) in [6.45, 7) is 5.82. The van der Waals surface area contributed by atoms with Gasteiger partial charge in [-0.2, -0.15) is 0 Å². The molecule has 0 fully saturated rings. The minimum Gasteiger partial charge on any atom is -0.383 e. The SMILES string of the molecule is COCCNCc1cn2c3c1CCC=C3CNCC2. The van der Waals surface area contributed by atoms with Crippen molar-refractivity contribution in [1.29, 1.82) is 0 Å². The van der Waals surface area contributed by atoms with Gasteiger partial charge in [-0.1, -0.05) is 6.08 Å². The molecule has 0 saturated carbocycles. The van der Waals surface area contributed by atoms with Crippen molar-refractivity contribution in [3.63, 3.8) is 0 Å². The van der Waals surface area contributed by atoms with E-state index in [4.69, 9.17) is 4.74 Å². The van der Waals surface area contributed by atoms with Gasteiger partial charge in [0.1, 0.15) is 0 Å². The van der Waals surface area contributed by atoms with Gasteiger partial charge in [0, 0.05) is 51.7 Å². The molecule has 0 spiro atoms. The van der Waals surface area contributed by atoms with Crippen LogP contribution in [0.1, 0.15) is 23.2 Å². The van der Waals surface area contributed by atoms with Crippen LogP contribution in [0.5, 0.6) is 0 Å². The topological polar surface area (TPSA) is 38.2 Å². The van der Waals surface area contributed by atoms with E-state index in [1.807, 2.05) is 0 Å². The Morgan fingerprint density at radius 2 is 2.42 bits per heavy atom. The van der Waals surface area contributed by atoms with Crippen LogP contribution in [-0.4, -0.2) is 37.9 Å². The van der Waals surface area contributed by atoms with E-state index in [-0.39, 0.29) is 0 Å². The van der Waals surface area contributed by atoms with Gasteiger partial charge >= 0.3 is 0 Å². The molecule has 2 aliphatic rings. The van der Waals surface area contributed by atoms with Crippen LogP contribution < -0.4 is 10.6 Å². The second-order valence-corrected chi connectivity index (χ2v) is 5.29. The van der Waals surface area contributed by atoms with E-state index < -0.39 is 0 Å². The molecule has 3 rings (SSSR count). The molecule has 0 aromatic carbocycles. The van der Waals surface area contributed by atoms with E-state index in [9.17, 15) is 0 Å². The highest BCUT2D eigenvalue weighted by molar-refractivity contribution is 5.71. The molecule has 0 saturated heterocycles. The molecular formula is C15H23N3O. The van der Waals surface area contributed by atoms with Crippen LogP contribution in [-0.2, 0) is 24.2 Å². The third-order valence-electron chi connectivity index (χ3n) is 4.00. The fraction of sp³-hybridized carbons (Fsp3) is 0.600. The minimum atomic E-state index is 0.776. The van der Waals surface area contributed by atoms with Crippen molar-refractivity contribution in [3.8, 4) is 0 Å². The summed E-state index contributed by atoms with van der Waals surface area (Å²) in [6, 6.07) is 0. The van der Waals surface area contributed by atoms with Crippen molar-refractivity contribution in [2.45, 2.75) is 25.9 Å². The van der Waals surface area contributed by atoms with Crippen molar-refractivity contribution in [2.75, 3.05) is 33.4 Å². The number of aromatic nitrogens is 1. The Labute approximate surface area is 114 Å². The molecule has 0 amide bonds. The first kappa shape index (κ1) is 12.9. The van der Waals surface area contributed by atoms with Crippen LogP contribution >= 0.6 is 0 Å². The second kappa shape index (κ2) is 5.90. The minimum absolute atomic E-state index is 0.776. The Bertz CT molecular complexity index is 476. The fourth-order valence-electron chi connectivity index (χ4n) is 3.11. The van der Waals surface area contributed by atoms with E-state index >= 15 is 0 Å². The lowest BCUT2D eigenvalue weighted by Gasteiger charge is -2.16. The Morgan fingerprint density at radius 3 is 3.32 bits per heavy atom. The quantitative estimate of drug-likeness (QED) is 0.781. The maximum atomic E-state index is 5.08. The summed E-state index contributed by atoms with van der Waals surface area (Å²) in [5.41, 5.74) is 6.01. The van der Waals surface area contributed by atoms with Crippen molar-refractivity contribution in [1.82, 2.24) is 15.2 Å². The first-order valence-electron chi connectivity index (χ1n) is 7.21. The van der Waals surface area contributed by atoms with Gasteiger partial charge in [0.2, 0.25) is 0 Å². The Hall–Kier alpha value is -1.10. The highest BCUT2D eigenvalue weighted by atomic mass is 16.5. The normalized spacial score (nSPS) is 17.8. The average Bonchev–Trinajstić information content (AvgIpc) is 2.65. The van der Waals surface area contributed by atoms with Crippen molar-refractivity contribution >= 4 is 5.57 Å². The van der Waals surface area contributed by atoms with Crippen molar-refractivity contribution < 1.29 is 4.74 Å². The molecule has 0 atom stereocenters. The molecule has 0 radical (unpaired) electrons. The van der Waals surface area contributed by atoms with E-state index in [1.165, 1.54) is 29.7 Å². The summed E-state index contributed by atoms with van der Waals surface area (Å²) in [5, 5.41) is 6.97. The number of allylic oxidation sites excluding steroid dienone is 1. The molecule has 4 heteroatoms. The molecule has 2 heterocycles. The lowest BCUT2D eigenvalue weighted by molar-refractivity contribution is 0.199. The molecule has 4 nitrogen and oxygen atoms in total. The third-order valence-corrected chi connectivity index (χ3v) is 4.00. The Balaban J connectivity index is 1.80. The molecule has 1 aliphatic heterocycles. The fourth-order valence-corrected chi connectivity index (χ4v) is 3.11.